The minimum atomic E-state index is -0.136. The van der Waals surface area contributed by atoms with E-state index < -0.39 is 0 Å². The molecular weight excluding hydrogens is 320 g/mol. The number of rotatable bonds is 2. The highest BCUT2D eigenvalue weighted by molar-refractivity contribution is 9.10. The Morgan fingerprint density at radius 1 is 1.25 bits per heavy atom. The number of halogens is 1. The van der Waals surface area contributed by atoms with E-state index in [9.17, 15) is 4.79 Å². The van der Waals surface area contributed by atoms with E-state index in [2.05, 4.69) is 25.9 Å². The van der Waals surface area contributed by atoms with Gasteiger partial charge in [0.05, 0.1) is 5.39 Å². The summed E-state index contributed by atoms with van der Waals surface area (Å²) in [5.41, 5.74) is 2.31. The quantitative estimate of drug-likeness (QED) is 0.670. The summed E-state index contributed by atoms with van der Waals surface area (Å²) < 4.78 is 6.39. The highest BCUT2D eigenvalue weighted by Crippen LogP contribution is 2.26. The van der Waals surface area contributed by atoms with E-state index in [4.69, 9.17) is 4.42 Å². The summed E-state index contributed by atoms with van der Waals surface area (Å²) in [6.45, 7) is 3.76. The Labute approximate surface area is 124 Å². The molecule has 0 bridgehead atoms. The van der Waals surface area contributed by atoms with E-state index in [-0.39, 0.29) is 5.78 Å². The van der Waals surface area contributed by atoms with Gasteiger partial charge in [-0.05, 0) is 26.0 Å². The number of carbonyl (C=O) groups excluding carboxylic acids is 1. The predicted octanol–water partition coefficient (Wildman–Crippen LogP) is 3.83. The van der Waals surface area contributed by atoms with Crippen molar-refractivity contribution in [2.45, 2.75) is 13.8 Å². The summed E-state index contributed by atoms with van der Waals surface area (Å²) in [4.78, 5) is 20.9. The van der Waals surface area contributed by atoms with Crippen molar-refractivity contribution in [3.8, 4) is 0 Å². The number of benzene rings is 1. The third-order valence-electron chi connectivity index (χ3n) is 3.27. The van der Waals surface area contributed by atoms with Crippen LogP contribution in [0.1, 0.15) is 27.4 Å². The maximum Gasteiger partial charge on any atom is 0.230 e. The number of aryl methyl sites for hydroxylation is 2. The third-order valence-corrected chi connectivity index (χ3v) is 3.76. The van der Waals surface area contributed by atoms with Crippen LogP contribution in [0.4, 0.5) is 0 Å². The molecule has 5 heteroatoms. The molecule has 1 aromatic carbocycles. The van der Waals surface area contributed by atoms with Gasteiger partial charge in [0.15, 0.2) is 0 Å². The predicted molar refractivity (Wildman–Crippen MR) is 78.9 cm³/mol. The average Bonchev–Trinajstić information content (AvgIpc) is 2.73. The van der Waals surface area contributed by atoms with Crippen LogP contribution in [0.25, 0.3) is 11.1 Å². The third kappa shape index (κ3) is 2.04. The van der Waals surface area contributed by atoms with Crippen molar-refractivity contribution in [2.24, 2.45) is 0 Å². The fourth-order valence-corrected chi connectivity index (χ4v) is 2.52. The van der Waals surface area contributed by atoms with Gasteiger partial charge in [0.2, 0.25) is 11.5 Å². The number of fused-ring (bicyclic) bond motifs is 1. The lowest BCUT2D eigenvalue weighted by Gasteiger charge is -2.02. The molecule has 3 rings (SSSR count). The first-order chi connectivity index (χ1) is 9.58. The number of nitrogens with zero attached hydrogens (tertiary/aromatic N) is 2. The van der Waals surface area contributed by atoms with Crippen molar-refractivity contribution in [1.82, 2.24) is 9.97 Å². The summed E-state index contributed by atoms with van der Waals surface area (Å²) in [6.07, 6.45) is 1.36. The lowest BCUT2D eigenvalue weighted by Crippen LogP contribution is -2.05. The molecule has 0 atom stereocenters. The topological polar surface area (TPSA) is 56.0 Å². The van der Waals surface area contributed by atoms with Gasteiger partial charge in [0, 0.05) is 15.6 Å². The van der Waals surface area contributed by atoms with Crippen LogP contribution >= 0.6 is 15.9 Å². The fraction of sp³-hybridized carbons (Fsp3) is 0.133. The molecule has 2 heterocycles. The molecule has 20 heavy (non-hydrogen) atoms. The summed E-state index contributed by atoms with van der Waals surface area (Å²) in [5, 5.41) is 0.690. The number of hydrogen-bond acceptors (Lipinski definition) is 4. The lowest BCUT2D eigenvalue weighted by molar-refractivity contribution is 0.103. The highest BCUT2D eigenvalue weighted by Gasteiger charge is 2.20. The van der Waals surface area contributed by atoms with Crippen LogP contribution in [0.5, 0.6) is 0 Å². The highest BCUT2D eigenvalue weighted by atomic mass is 79.9. The second kappa shape index (κ2) is 4.83. The van der Waals surface area contributed by atoms with Gasteiger partial charge in [-0.15, -0.1) is 0 Å². The normalized spacial score (nSPS) is 10.9. The molecule has 0 aliphatic carbocycles. The monoisotopic (exact) mass is 330 g/mol. The summed E-state index contributed by atoms with van der Waals surface area (Å²) in [6, 6.07) is 7.24. The largest absolute Gasteiger partial charge is 0.443 e. The molecule has 0 spiro atoms. The molecule has 0 N–H and O–H groups in total. The van der Waals surface area contributed by atoms with E-state index in [0.717, 1.165) is 15.8 Å². The van der Waals surface area contributed by atoms with E-state index in [1.54, 1.807) is 12.1 Å². The average molecular weight is 331 g/mol. The number of carbonyl (C=O) groups is 1. The van der Waals surface area contributed by atoms with Gasteiger partial charge in [0.25, 0.3) is 0 Å². The van der Waals surface area contributed by atoms with Crippen molar-refractivity contribution < 1.29 is 9.21 Å². The Kier molecular flexibility index (Phi) is 3.14. The molecule has 2 aromatic heterocycles. The van der Waals surface area contributed by atoms with Gasteiger partial charge in [-0.25, -0.2) is 9.97 Å². The number of ketones is 1. The zero-order valence-corrected chi connectivity index (χ0v) is 12.6. The van der Waals surface area contributed by atoms with Crippen LogP contribution in [-0.2, 0) is 0 Å². The second-order valence-corrected chi connectivity index (χ2v) is 5.44. The molecule has 0 radical (unpaired) electrons. The van der Waals surface area contributed by atoms with Crippen molar-refractivity contribution in [2.75, 3.05) is 0 Å². The van der Waals surface area contributed by atoms with Gasteiger partial charge < -0.3 is 4.42 Å². The van der Waals surface area contributed by atoms with Gasteiger partial charge in [-0.3, -0.25) is 4.79 Å². The molecule has 100 valence electrons. The van der Waals surface area contributed by atoms with Crippen molar-refractivity contribution in [3.63, 3.8) is 0 Å². The molecule has 0 amide bonds. The fourth-order valence-electron chi connectivity index (χ4n) is 2.12. The second-order valence-electron chi connectivity index (χ2n) is 4.53. The SMILES string of the molecule is Cc1oc2ncnc(C(=O)c3cccc(Br)c3)c2c1C. The van der Waals surface area contributed by atoms with Crippen LogP contribution in [0.3, 0.4) is 0 Å². The van der Waals surface area contributed by atoms with Crippen molar-refractivity contribution in [1.29, 1.82) is 0 Å². The molecule has 0 aliphatic heterocycles. The number of furan rings is 1. The zero-order valence-electron chi connectivity index (χ0n) is 11.0. The molecular formula is C15H11BrN2O2. The van der Waals surface area contributed by atoms with E-state index in [1.165, 1.54) is 6.33 Å². The first-order valence-corrected chi connectivity index (χ1v) is 6.88. The van der Waals surface area contributed by atoms with E-state index in [1.807, 2.05) is 26.0 Å². The Hall–Kier alpha value is -2.01. The van der Waals surface area contributed by atoms with Gasteiger partial charge in [-0.2, -0.15) is 0 Å². The standard InChI is InChI=1S/C15H11BrN2O2/c1-8-9(2)20-15-12(8)13(17-7-18-15)14(19)10-4-3-5-11(16)6-10/h3-7H,1-2H3. The van der Waals surface area contributed by atoms with Gasteiger partial charge >= 0.3 is 0 Å². The first-order valence-electron chi connectivity index (χ1n) is 6.09. The molecule has 0 saturated carbocycles. The minimum Gasteiger partial charge on any atom is -0.443 e. The maximum absolute atomic E-state index is 12.6. The number of hydrogen-bond donors (Lipinski definition) is 0. The van der Waals surface area contributed by atoms with Crippen molar-refractivity contribution >= 4 is 32.8 Å². The van der Waals surface area contributed by atoms with E-state index >= 15 is 0 Å². The van der Waals surface area contributed by atoms with Crippen LogP contribution < -0.4 is 0 Å². The van der Waals surface area contributed by atoms with Crippen LogP contribution in [0.15, 0.2) is 39.5 Å². The summed E-state index contributed by atoms with van der Waals surface area (Å²) in [5.74, 6) is 0.617. The number of aromatic nitrogens is 2. The zero-order chi connectivity index (χ0) is 14.3. The van der Waals surface area contributed by atoms with Gasteiger partial charge in [-0.1, -0.05) is 28.1 Å². The first kappa shape index (κ1) is 13.0. The van der Waals surface area contributed by atoms with Crippen LogP contribution in [0.2, 0.25) is 0 Å². The Morgan fingerprint density at radius 2 is 2.05 bits per heavy atom. The van der Waals surface area contributed by atoms with Crippen molar-refractivity contribution in [3.05, 3.63) is 57.6 Å². The summed E-state index contributed by atoms with van der Waals surface area (Å²) in [7, 11) is 0. The molecule has 4 nitrogen and oxygen atoms in total. The van der Waals surface area contributed by atoms with E-state index in [0.29, 0.717) is 22.4 Å². The Bertz CT molecular complexity index is 824. The minimum absolute atomic E-state index is 0.136. The molecule has 0 aliphatic rings. The van der Waals surface area contributed by atoms with Gasteiger partial charge in [0.1, 0.15) is 17.8 Å². The Balaban J connectivity index is 2.22. The van der Waals surface area contributed by atoms with Crippen LogP contribution in [0, 0.1) is 13.8 Å². The molecule has 0 fully saturated rings. The summed E-state index contributed by atoms with van der Waals surface area (Å²) >= 11 is 3.37. The van der Waals surface area contributed by atoms with Crippen LogP contribution in [-0.4, -0.2) is 15.8 Å². The molecule has 0 saturated heterocycles. The molecule has 3 aromatic rings. The smallest absolute Gasteiger partial charge is 0.230 e. The molecule has 0 unspecified atom stereocenters. The Morgan fingerprint density at radius 3 is 2.80 bits per heavy atom. The lowest BCUT2D eigenvalue weighted by atomic mass is 10.0. The maximum atomic E-state index is 12.6.